The molecule has 1 N–H and O–H groups in total. The zero-order chi connectivity index (χ0) is 8.93. The van der Waals surface area contributed by atoms with Crippen LogP contribution in [0.2, 0.25) is 0 Å². The summed E-state index contributed by atoms with van der Waals surface area (Å²) < 4.78 is 0. The van der Waals surface area contributed by atoms with Crippen LogP contribution < -0.4 is 0 Å². The molecule has 0 aliphatic heterocycles. The molecule has 2 aliphatic carbocycles. The Kier molecular flexibility index (Phi) is 1.76. The van der Waals surface area contributed by atoms with E-state index >= 15 is 0 Å². The molecule has 2 aliphatic rings. The van der Waals surface area contributed by atoms with Crippen molar-refractivity contribution in [1.29, 1.82) is 0 Å². The summed E-state index contributed by atoms with van der Waals surface area (Å²) in [7, 11) is 0. The Hall–Kier alpha value is -0.0400. The first kappa shape index (κ1) is 8.55. The Balaban J connectivity index is 2.05. The van der Waals surface area contributed by atoms with Gasteiger partial charge in [0.2, 0.25) is 0 Å². The molecule has 0 aromatic rings. The van der Waals surface area contributed by atoms with E-state index in [0.29, 0.717) is 23.7 Å². The van der Waals surface area contributed by atoms with Crippen molar-refractivity contribution in [3.8, 4) is 0 Å². The largest absolute Gasteiger partial charge is 0.389 e. The van der Waals surface area contributed by atoms with E-state index in [1.54, 1.807) is 0 Å². The van der Waals surface area contributed by atoms with Crippen LogP contribution in [-0.2, 0) is 0 Å². The Bertz CT molecular complexity index is 175. The average Bonchev–Trinajstić information content (AvgIpc) is 2.52. The molecular formula is C11H20O. The fourth-order valence-corrected chi connectivity index (χ4v) is 3.18. The molecule has 2 saturated carbocycles. The third kappa shape index (κ3) is 0.891. The van der Waals surface area contributed by atoms with Gasteiger partial charge < -0.3 is 5.11 Å². The van der Waals surface area contributed by atoms with E-state index in [-0.39, 0.29) is 5.60 Å². The van der Waals surface area contributed by atoms with Crippen LogP contribution in [0.15, 0.2) is 0 Å². The standard InChI is InChI=1S/C11H20O/c1-7(2)8(3)11(12)9-5-4-6-10(9)11/h7-10,12H,4-6H2,1-3H3. The van der Waals surface area contributed by atoms with Crippen LogP contribution in [0.4, 0.5) is 0 Å². The maximum Gasteiger partial charge on any atom is 0.0739 e. The second-order valence-corrected chi connectivity index (χ2v) is 5.06. The average molecular weight is 168 g/mol. The van der Waals surface area contributed by atoms with E-state index in [0.717, 1.165) is 0 Å². The fourth-order valence-electron chi connectivity index (χ4n) is 3.18. The molecule has 0 spiro atoms. The highest BCUT2D eigenvalue weighted by molar-refractivity contribution is 5.17. The van der Waals surface area contributed by atoms with Gasteiger partial charge in [-0.2, -0.15) is 0 Å². The summed E-state index contributed by atoms with van der Waals surface area (Å²) in [4.78, 5) is 0. The first-order valence-electron chi connectivity index (χ1n) is 5.30. The van der Waals surface area contributed by atoms with Crippen molar-refractivity contribution in [3.05, 3.63) is 0 Å². The van der Waals surface area contributed by atoms with E-state index in [1.165, 1.54) is 19.3 Å². The lowest BCUT2D eigenvalue weighted by Gasteiger charge is -2.25. The summed E-state index contributed by atoms with van der Waals surface area (Å²) in [5, 5.41) is 10.3. The smallest absolute Gasteiger partial charge is 0.0739 e. The number of hydrogen-bond acceptors (Lipinski definition) is 1. The molecular weight excluding hydrogens is 148 g/mol. The molecule has 0 amide bonds. The van der Waals surface area contributed by atoms with Gasteiger partial charge >= 0.3 is 0 Å². The minimum Gasteiger partial charge on any atom is -0.389 e. The highest BCUT2D eigenvalue weighted by Crippen LogP contribution is 2.64. The molecule has 1 heteroatoms. The molecule has 0 bridgehead atoms. The second kappa shape index (κ2) is 2.47. The van der Waals surface area contributed by atoms with E-state index in [1.807, 2.05) is 0 Å². The van der Waals surface area contributed by atoms with Crippen LogP contribution in [0.5, 0.6) is 0 Å². The quantitative estimate of drug-likeness (QED) is 0.671. The van der Waals surface area contributed by atoms with Crippen LogP contribution in [0.25, 0.3) is 0 Å². The highest BCUT2D eigenvalue weighted by atomic mass is 16.3. The Morgan fingerprint density at radius 2 is 1.67 bits per heavy atom. The molecule has 3 unspecified atom stereocenters. The first-order chi connectivity index (χ1) is 5.58. The molecule has 0 saturated heterocycles. The topological polar surface area (TPSA) is 20.2 Å². The van der Waals surface area contributed by atoms with Gasteiger partial charge in [-0.15, -0.1) is 0 Å². The van der Waals surface area contributed by atoms with Crippen molar-refractivity contribution in [2.45, 2.75) is 45.6 Å². The Morgan fingerprint density at radius 3 is 2.08 bits per heavy atom. The molecule has 0 radical (unpaired) electrons. The van der Waals surface area contributed by atoms with Gasteiger partial charge in [0.15, 0.2) is 0 Å². The number of rotatable bonds is 2. The first-order valence-corrected chi connectivity index (χ1v) is 5.30. The summed E-state index contributed by atoms with van der Waals surface area (Å²) in [5.41, 5.74) is -0.258. The molecule has 0 aromatic heterocycles. The lowest BCUT2D eigenvalue weighted by atomic mass is 9.86. The fraction of sp³-hybridized carbons (Fsp3) is 1.00. The zero-order valence-corrected chi connectivity index (χ0v) is 8.38. The SMILES string of the molecule is CC(C)C(C)C1(O)C2CCCC21. The summed E-state index contributed by atoms with van der Waals surface area (Å²) in [6, 6.07) is 0. The minimum absolute atomic E-state index is 0.258. The summed E-state index contributed by atoms with van der Waals surface area (Å²) in [6.07, 6.45) is 3.90. The van der Waals surface area contributed by atoms with Crippen LogP contribution in [0.1, 0.15) is 40.0 Å². The normalized spacial score (nSPS) is 47.8. The van der Waals surface area contributed by atoms with E-state index in [4.69, 9.17) is 0 Å². The van der Waals surface area contributed by atoms with Crippen molar-refractivity contribution < 1.29 is 5.11 Å². The maximum atomic E-state index is 10.3. The summed E-state index contributed by atoms with van der Waals surface area (Å²) in [5.74, 6) is 2.44. The number of fused-ring (bicyclic) bond motifs is 1. The van der Waals surface area contributed by atoms with Gasteiger partial charge in [-0.05, 0) is 36.5 Å². The third-order valence-electron chi connectivity index (χ3n) is 4.32. The molecule has 2 rings (SSSR count). The van der Waals surface area contributed by atoms with Gasteiger partial charge in [0.1, 0.15) is 0 Å². The molecule has 1 nitrogen and oxygen atoms in total. The molecule has 3 atom stereocenters. The zero-order valence-electron chi connectivity index (χ0n) is 8.38. The highest BCUT2D eigenvalue weighted by Gasteiger charge is 2.67. The summed E-state index contributed by atoms with van der Waals surface area (Å²) in [6.45, 7) is 6.65. The lowest BCUT2D eigenvalue weighted by Crippen LogP contribution is -2.29. The van der Waals surface area contributed by atoms with Crippen LogP contribution in [-0.4, -0.2) is 10.7 Å². The van der Waals surface area contributed by atoms with Gasteiger partial charge in [0, 0.05) is 0 Å². The molecule has 12 heavy (non-hydrogen) atoms. The summed E-state index contributed by atoms with van der Waals surface area (Å²) >= 11 is 0. The number of hydrogen-bond donors (Lipinski definition) is 1. The van der Waals surface area contributed by atoms with E-state index in [9.17, 15) is 5.11 Å². The van der Waals surface area contributed by atoms with Crippen molar-refractivity contribution in [2.75, 3.05) is 0 Å². The van der Waals surface area contributed by atoms with Gasteiger partial charge in [-0.25, -0.2) is 0 Å². The molecule has 0 aromatic carbocycles. The van der Waals surface area contributed by atoms with Crippen molar-refractivity contribution in [2.24, 2.45) is 23.7 Å². The minimum atomic E-state index is -0.258. The van der Waals surface area contributed by atoms with E-state index < -0.39 is 0 Å². The van der Waals surface area contributed by atoms with Gasteiger partial charge in [0.25, 0.3) is 0 Å². The predicted octanol–water partition coefficient (Wildman–Crippen LogP) is 2.44. The Labute approximate surface area is 75.2 Å². The Morgan fingerprint density at radius 1 is 1.17 bits per heavy atom. The van der Waals surface area contributed by atoms with Gasteiger partial charge in [-0.1, -0.05) is 27.2 Å². The molecule has 0 heterocycles. The van der Waals surface area contributed by atoms with Crippen molar-refractivity contribution >= 4 is 0 Å². The molecule has 70 valence electrons. The number of aliphatic hydroxyl groups is 1. The van der Waals surface area contributed by atoms with Gasteiger partial charge in [-0.3, -0.25) is 0 Å². The molecule has 2 fully saturated rings. The monoisotopic (exact) mass is 168 g/mol. The van der Waals surface area contributed by atoms with Crippen LogP contribution in [0, 0.1) is 23.7 Å². The predicted molar refractivity (Wildman–Crippen MR) is 49.8 cm³/mol. The van der Waals surface area contributed by atoms with Crippen LogP contribution in [0.3, 0.4) is 0 Å². The van der Waals surface area contributed by atoms with Gasteiger partial charge in [0.05, 0.1) is 5.60 Å². The van der Waals surface area contributed by atoms with Crippen molar-refractivity contribution in [3.63, 3.8) is 0 Å². The maximum absolute atomic E-state index is 10.3. The van der Waals surface area contributed by atoms with Crippen molar-refractivity contribution in [1.82, 2.24) is 0 Å². The third-order valence-corrected chi connectivity index (χ3v) is 4.32. The second-order valence-electron chi connectivity index (χ2n) is 5.06. The lowest BCUT2D eigenvalue weighted by molar-refractivity contribution is 0.0307. The van der Waals surface area contributed by atoms with E-state index in [2.05, 4.69) is 20.8 Å². The van der Waals surface area contributed by atoms with Crippen LogP contribution >= 0.6 is 0 Å².